The van der Waals surface area contributed by atoms with Crippen LogP contribution in [0.25, 0.3) is 0 Å². The van der Waals surface area contributed by atoms with Crippen LogP contribution in [0.15, 0.2) is 15.0 Å². The van der Waals surface area contributed by atoms with Gasteiger partial charge in [0.15, 0.2) is 0 Å². The molecule has 5 atom stereocenters. The van der Waals surface area contributed by atoms with Crippen molar-refractivity contribution in [1.82, 2.24) is 0 Å². The summed E-state index contributed by atoms with van der Waals surface area (Å²) in [6.45, 7) is 2.31. The average molecular weight is 430 g/mol. The van der Waals surface area contributed by atoms with Crippen LogP contribution in [0.5, 0.6) is 5.75 Å². The van der Waals surface area contributed by atoms with E-state index in [1.54, 1.807) is 0 Å². The Morgan fingerprint density at radius 2 is 1.95 bits per heavy atom. The van der Waals surface area contributed by atoms with Crippen LogP contribution in [0.1, 0.15) is 56.1 Å². The van der Waals surface area contributed by atoms with Crippen molar-refractivity contribution in [3.63, 3.8) is 0 Å². The number of halogens is 2. The van der Waals surface area contributed by atoms with Gasteiger partial charge in [0.25, 0.3) is 0 Å². The highest BCUT2D eigenvalue weighted by Gasteiger charge is 2.54. The van der Waals surface area contributed by atoms with Crippen molar-refractivity contribution in [2.75, 3.05) is 0 Å². The van der Waals surface area contributed by atoms with E-state index in [1.165, 1.54) is 24.0 Å². The maximum absolute atomic E-state index is 10.4. The summed E-state index contributed by atoms with van der Waals surface area (Å²) in [5.41, 5.74) is 2.84. The molecule has 0 bridgehead atoms. The highest BCUT2D eigenvalue weighted by molar-refractivity contribution is 9.11. The summed E-state index contributed by atoms with van der Waals surface area (Å²) in [5, 5.41) is 20.6. The van der Waals surface area contributed by atoms with Crippen molar-refractivity contribution in [1.29, 1.82) is 0 Å². The van der Waals surface area contributed by atoms with Gasteiger partial charge in [0, 0.05) is 0 Å². The monoisotopic (exact) mass is 428 g/mol. The largest absolute Gasteiger partial charge is 0.506 e. The molecule has 22 heavy (non-hydrogen) atoms. The lowest BCUT2D eigenvalue weighted by Crippen LogP contribution is -2.44. The third-order valence-electron chi connectivity index (χ3n) is 6.84. The Morgan fingerprint density at radius 1 is 1.18 bits per heavy atom. The molecule has 0 unspecified atom stereocenters. The standard InChI is InChI=1S/C18H22Br2O2/c1-18-7-6-9-10(13(18)4-5-15(18)21)2-3-11-12(9)8-14(19)17(22)16(11)20/h8-10,13,15,21-22H,2-7H2,1H3/t9-,10+,13-,15+,18-/m0/s1. The zero-order chi connectivity index (χ0) is 15.6. The maximum Gasteiger partial charge on any atom is 0.144 e. The maximum atomic E-state index is 10.4. The highest BCUT2D eigenvalue weighted by atomic mass is 79.9. The molecule has 2 fully saturated rings. The van der Waals surface area contributed by atoms with E-state index in [2.05, 4.69) is 44.8 Å². The van der Waals surface area contributed by atoms with Crippen molar-refractivity contribution in [2.24, 2.45) is 17.3 Å². The van der Waals surface area contributed by atoms with Crippen molar-refractivity contribution in [3.05, 3.63) is 26.1 Å². The van der Waals surface area contributed by atoms with E-state index in [0.717, 1.165) is 34.6 Å². The van der Waals surface area contributed by atoms with E-state index in [0.29, 0.717) is 23.5 Å². The van der Waals surface area contributed by atoms with Crippen LogP contribution < -0.4 is 0 Å². The zero-order valence-corrected chi connectivity index (χ0v) is 16.0. The number of aliphatic hydroxyl groups is 1. The minimum absolute atomic E-state index is 0.113. The lowest BCUT2D eigenvalue weighted by atomic mass is 9.55. The van der Waals surface area contributed by atoms with Gasteiger partial charge in [-0.15, -0.1) is 0 Å². The van der Waals surface area contributed by atoms with Gasteiger partial charge >= 0.3 is 0 Å². The molecule has 1 aromatic rings. The smallest absolute Gasteiger partial charge is 0.144 e. The molecule has 0 spiro atoms. The van der Waals surface area contributed by atoms with E-state index in [4.69, 9.17) is 0 Å². The number of rotatable bonds is 0. The van der Waals surface area contributed by atoms with Crippen molar-refractivity contribution >= 4 is 31.9 Å². The van der Waals surface area contributed by atoms with E-state index < -0.39 is 0 Å². The van der Waals surface area contributed by atoms with Crippen LogP contribution in [0.2, 0.25) is 0 Å². The van der Waals surface area contributed by atoms with Gasteiger partial charge in [0.2, 0.25) is 0 Å². The molecule has 4 rings (SSSR count). The average Bonchev–Trinajstić information content (AvgIpc) is 2.80. The molecule has 2 nitrogen and oxygen atoms in total. The first-order valence-corrected chi connectivity index (χ1v) is 9.90. The number of aliphatic hydroxyl groups excluding tert-OH is 1. The normalized spacial score (nSPS) is 40.0. The SMILES string of the molecule is C[C@]12CC[C@@H]3c4cc(Br)c(O)c(Br)c4CC[C@H]3[C@@H]1CC[C@H]2O. The summed E-state index contributed by atoms with van der Waals surface area (Å²) in [6.07, 6.45) is 6.53. The summed E-state index contributed by atoms with van der Waals surface area (Å²) in [6, 6.07) is 2.14. The van der Waals surface area contributed by atoms with E-state index in [9.17, 15) is 10.2 Å². The van der Waals surface area contributed by atoms with Crippen molar-refractivity contribution < 1.29 is 10.2 Å². The van der Waals surface area contributed by atoms with Gasteiger partial charge in [-0.3, -0.25) is 0 Å². The number of hydrogen-bond donors (Lipinski definition) is 2. The molecule has 0 radical (unpaired) electrons. The molecule has 2 saturated carbocycles. The van der Waals surface area contributed by atoms with Crippen LogP contribution >= 0.6 is 31.9 Å². The molecule has 0 aliphatic heterocycles. The number of phenolic OH excluding ortho intramolecular Hbond substituents is 1. The molecule has 0 heterocycles. The van der Waals surface area contributed by atoms with Gasteiger partial charge in [0.05, 0.1) is 15.0 Å². The van der Waals surface area contributed by atoms with Crippen molar-refractivity contribution in [3.8, 4) is 5.75 Å². The van der Waals surface area contributed by atoms with Crippen LogP contribution in [-0.2, 0) is 6.42 Å². The Balaban J connectivity index is 1.76. The summed E-state index contributed by atoms with van der Waals surface area (Å²) >= 11 is 7.09. The predicted octanol–water partition coefficient (Wildman–Crippen LogP) is 5.13. The van der Waals surface area contributed by atoms with Crippen LogP contribution in [0, 0.1) is 17.3 Å². The quantitative estimate of drug-likeness (QED) is 0.599. The third-order valence-corrected chi connectivity index (χ3v) is 8.30. The summed E-state index contributed by atoms with van der Waals surface area (Å²) in [5.74, 6) is 2.25. The Bertz CT molecular complexity index is 630. The fraction of sp³-hybridized carbons (Fsp3) is 0.667. The Morgan fingerprint density at radius 3 is 2.73 bits per heavy atom. The molecule has 2 N–H and O–H groups in total. The number of fused-ring (bicyclic) bond motifs is 5. The van der Waals surface area contributed by atoms with Gasteiger partial charge < -0.3 is 10.2 Å². The topological polar surface area (TPSA) is 40.5 Å². The van der Waals surface area contributed by atoms with Crippen LogP contribution in [0.3, 0.4) is 0 Å². The van der Waals surface area contributed by atoms with E-state index in [-0.39, 0.29) is 11.5 Å². The van der Waals surface area contributed by atoms with Gasteiger partial charge in [-0.05, 0) is 111 Å². The van der Waals surface area contributed by atoms with Gasteiger partial charge in [0.1, 0.15) is 5.75 Å². The fourth-order valence-electron chi connectivity index (χ4n) is 5.61. The first-order chi connectivity index (χ1) is 10.4. The van der Waals surface area contributed by atoms with Crippen LogP contribution in [-0.4, -0.2) is 16.3 Å². The van der Waals surface area contributed by atoms with Crippen molar-refractivity contribution in [2.45, 2.75) is 57.5 Å². The number of benzene rings is 1. The Hall–Kier alpha value is -0.0600. The minimum atomic E-state index is -0.113. The zero-order valence-electron chi connectivity index (χ0n) is 12.8. The number of aromatic hydroxyl groups is 1. The molecule has 0 amide bonds. The number of hydrogen-bond acceptors (Lipinski definition) is 2. The van der Waals surface area contributed by atoms with Gasteiger partial charge in [-0.25, -0.2) is 0 Å². The molecule has 1 aromatic carbocycles. The molecule has 120 valence electrons. The molecular weight excluding hydrogens is 408 g/mol. The molecule has 3 aliphatic rings. The lowest BCUT2D eigenvalue weighted by Gasteiger charge is -2.50. The molecule has 0 saturated heterocycles. The second-order valence-corrected chi connectivity index (χ2v) is 9.29. The first-order valence-electron chi connectivity index (χ1n) is 8.31. The molecular formula is C18H22Br2O2. The Kier molecular flexibility index (Phi) is 3.67. The summed E-state index contributed by atoms with van der Waals surface area (Å²) in [7, 11) is 0. The fourth-order valence-corrected chi connectivity index (χ4v) is 6.96. The second kappa shape index (κ2) is 5.22. The second-order valence-electron chi connectivity index (χ2n) is 7.64. The third kappa shape index (κ3) is 1.99. The predicted molar refractivity (Wildman–Crippen MR) is 94.1 cm³/mol. The summed E-state index contributed by atoms with van der Waals surface area (Å²) in [4.78, 5) is 0. The molecule has 0 aromatic heterocycles. The molecule has 3 aliphatic carbocycles. The highest BCUT2D eigenvalue weighted by Crippen LogP contribution is 2.61. The van der Waals surface area contributed by atoms with E-state index in [1.807, 2.05) is 0 Å². The molecule has 4 heteroatoms. The lowest BCUT2D eigenvalue weighted by molar-refractivity contribution is -0.0226. The minimum Gasteiger partial charge on any atom is -0.506 e. The van der Waals surface area contributed by atoms with Crippen LogP contribution in [0.4, 0.5) is 0 Å². The van der Waals surface area contributed by atoms with Gasteiger partial charge in [-0.1, -0.05) is 6.92 Å². The number of phenols is 1. The Labute approximate surface area is 148 Å². The van der Waals surface area contributed by atoms with Gasteiger partial charge in [-0.2, -0.15) is 0 Å². The summed E-state index contributed by atoms with van der Waals surface area (Å²) < 4.78 is 1.66. The van der Waals surface area contributed by atoms with E-state index >= 15 is 0 Å². The first kappa shape index (κ1) is 15.5.